The number of nitrogen functional groups attached to an aromatic ring is 1. The Morgan fingerprint density at radius 2 is 2.11 bits per heavy atom. The average molecular weight is 282 g/mol. The van der Waals surface area contributed by atoms with Gasteiger partial charge in [0.1, 0.15) is 11.4 Å². The van der Waals surface area contributed by atoms with Crippen LogP contribution in [-0.2, 0) is 6.54 Å². The molecule has 19 heavy (non-hydrogen) atoms. The lowest BCUT2D eigenvalue weighted by atomic mass is 10.1. The van der Waals surface area contributed by atoms with E-state index in [2.05, 4.69) is 0 Å². The minimum atomic E-state index is -1.01. The van der Waals surface area contributed by atoms with E-state index in [1.165, 1.54) is 23.3 Å². The van der Waals surface area contributed by atoms with Crippen molar-refractivity contribution < 1.29 is 13.6 Å². The van der Waals surface area contributed by atoms with Crippen molar-refractivity contribution in [1.29, 1.82) is 0 Å². The molecule has 0 fully saturated rings. The van der Waals surface area contributed by atoms with Gasteiger partial charge in [0.05, 0.1) is 5.69 Å². The van der Waals surface area contributed by atoms with E-state index in [9.17, 15) is 13.6 Å². The number of amides is 1. The zero-order valence-electron chi connectivity index (χ0n) is 10.2. The molecule has 0 saturated carbocycles. The summed E-state index contributed by atoms with van der Waals surface area (Å²) in [5.41, 5.74) is 5.41. The van der Waals surface area contributed by atoms with Gasteiger partial charge in [-0.15, -0.1) is 0 Å². The van der Waals surface area contributed by atoms with Crippen LogP contribution in [0, 0.1) is 11.6 Å². The van der Waals surface area contributed by atoms with Gasteiger partial charge in [-0.25, -0.2) is 8.78 Å². The highest BCUT2D eigenvalue weighted by atomic mass is 32.1. The van der Waals surface area contributed by atoms with E-state index in [0.29, 0.717) is 0 Å². The van der Waals surface area contributed by atoms with Crippen LogP contribution in [0.5, 0.6) is 0 Å². The van der Waals surface area contributed by atoms with Crippen molar-refractivity contribution in [1.82, 2.24) is 4.90 Å². The summed E-state index contributed by atoms with van der Waals surface area (Å²) in [6.07, 6.45) is 0. The number of benzene rings is 1. The summed E-state index contributed by atoms with van der Waals surface area (Å²) in [5, 5.41) is 3.74. The molecule has 6 heteroatoms. The van der Waals surface area contributed by atoms with Crippen LogP contribution in [-0.4, -0.2) is 17.9 Å². The van der Waals surface area contributed by atoms with Crippen LogP contribution < -0.4 is 5.73 Å². The monoisotopic (exact) mass is 282 g/mol. The molecule has 100 valence electrons. The highest BCUT2D eigenvalue weighted by Crippen LogP contribution is 2.21. The van der Waals surface area contributed by atoms with Crippen molar-refractivity contribution >= 4 is 22.9 Å². The molecular weight excluding hydrogens is 270 g/mol. The summed E-state index contributed by atoms with van der Waals surface area (Å²) in [4.78, 5) is 13.3. The Bertz CT molecular complexity index is 599. The molecule has 0 saturated heterocycles. The smallest absolute Gasteiger partial charge is 0.259 e. The first-order chi connectivity index (χ1) is 9.00. The third-order valence-corrected chi connectivity index (χ3v) is 3.41. The number of nitrogens with two attached hydrogens (primary N) is 1. The van der Waals surface area contributed by atoms with E-state index < -0.39 is 23.1 Å². The van der Waals surface area contributed by atoms with Crippen LogP contribution in [0.3, 0.4) is 0 Å². The fourth-order valence-corrected chi connectivity index (χ4v) is 2.34. The number of hydrogen-bond acceptors (Lipinski definition) is 3. The van der Waals surface area contributed by atoms with Crippen molar-refractivity contribution in [2.45, 2.75) is 6.54 Å². The fraction of sp³-hybridized carbons (Fsp3) is 0.154. The van der Waals surface area contributed by atoms with Crippen LogP contribution in [0.15, 0.2) is 29.0 Å². The quantitative estimate of drug-likeness (QED) is 0.880. The summed E-state index contributed by atoms with van der Waals surface area (Å²) < 4.78 is 27.3. The van der Waals surface area contributed by atoms with E-state index in [-0.39, 0.29) is 12.2 Å². The molecular formula is C13H12F2N2OS. The highest BCUT2D eigenvalue weighted by Gasteiger charge is 2.22. The van der Waals surface area contributed by atoms with Gasteiger partial charge in [-0.1, -0.05) is 0 Å². The molecule has 2 aromatic rings. The summed E-state index contributed by atoms with van der Waals surface area (Å²) in [6.45, 7) is 0.288. The van der Waals surface area contributed by atoms with Crippen molar-refractivity contribution in [3.63, 3.8) is 0 Å². The molecule has 1 aromatic carbocycles. The van der Waals surface area contributed by atoms with Crippen molar-refractivity contribution in [3.05, 3.63) is 51.7 Å². The average Bonchev–Trinajstić information content (AvgIpc) is 2.87. The minimum Gasteiger partial charge on any atom is -0.396 e. The standard InChI is InChI=1S/C13H12F2N2OS/c1-17(6-8-4-5-19-7-8)13(18)11-9(14)2-3-10(16)12(11)15/h2-5,7H,6,16H2,1H3. The second-order valence-electron chi connectivity index (χ2n) is 4.12. The lowest BCUT2D eigenvalue weighted by Crippen LogP contribution is -2.28. The SMILES string of the molecule is CN(Cc1ccsc1)C(=O)c1c(F)ccc(N)c1F. The Hall–Kier alpha value is -1.95. The van der Waals surface area contributed by atoms with Gasteiger partial charge in [-0.3, -0.25) is 4.79 Å². The van der Waals surface area contributed by atoms with Crippen LogP contribution in [0.1, 0.15) is 15.9 Å². The van der Waals surface area contributed by atoms with Crippen molar-refractivity contribution in [2.24, 2.45) is 0 Å². The lowest BCUT2D eigenvalue weighted by Gasteiger charge is -2.17. The molecule has 0 unspecified atom stereocenters. The van der Waals surface area contributed by atoms with Gasteiger partial charge in [-0.2, -0.15) is 11.3 Å². The number of thiophene rings is 1. The Kier molecular flexibility index (Phi) is 3.80. The summed E-state index contributed by atoms with van der Waals surface area (Å²) in [6, 6.07) is 3.94. The van der Waals surface area contributed by atoms with E-state index in [1.54, 1.807) is 0 Å². The van der Waals surface area contributed by atoms with Gasteiger partial charge in [0.2, 0.25) is 0 Å². The first-order valence-corrected chi connectivity index (χ1v) is 6.45. The molecule has 0 aliphatic heterocycles. The van der Waals surface area contributed by atoms with E-state index in [4.69, 9.17) is 5.73 Å². The number of carbonyl (C=O) groups is 1. The predicted octanol–water partition coefficient (Wildman–Crippen LogP) is 2.88. The Labute approximate surface area is 113 Å². The molecule has 1 aromatic heterocycles. The van der Waals surface area contributed by atoms with Gasteiger partial charge >= 0.3 is 0 Å². The molecule has 0 bridgehead atoms. The van der Waals surface area contributed by atoms with Gasteiger partial charge in [-0.05, 0) is 34.5 Å². The normalized spacial score (nSPS) is 10.5. The van der Waals surface area contributed by atoms with Crippen molar-refractivity contribution in [3.8, 4) is 0 Å². The molecule has 2 N–H and O–H groups in total. The van der Waals surface area contributed by atoms with Crippen molar-refractivity contribution in [2.75, 3.05) is 12.8 Å². The maximum atomic E-state index is 13.7. The summed E-state index contributed by atoms with van der Waals surface area (Å²) in [7, 11) is 1.49. The Balaban J connectivity index is 2.27. The molecule has 1 amide bonds. The molecule has 1 heterocycles. The Morgan fingerprint density at radius 3 is 2.74 bits per heavy atom. The van der Waals surface area contributed by atoms with E-state index >= 15 is 0 Å². The van der Waals surface area contributed by atoms with Crippen LogP contribution in [0.2, 0.25) is 0 Å². The fourth-order valence-electron chi connectivity index (χ4n) is 1.68. The van der Waals surface area contributed by atoms with E-state index in [1.807, 2.05) is 16.8 Å². The molecule has 3 nitrogen and oxygen atoms in total. The predicted molar refractivity (Wildman–Crippen MR) is 70.9 cm³/mol. The van der Waals surface area contributed by atoms with E-state index in [0.717, 1.165) is 17.7 Å². The summed E-state index contributed by atoms with van der Waals surface area (Å²) >= 11 is 1.49. The Morgan fingerprint density at radius 1 is 1.37 bits per heavy atom. The number of hydrogen-bond donors (Lipinski definition) is 1. The van der Waals surface area contributed by atoms with Gasteiger partial charge in [0, 0.05) is 13.6 Å². The number of rotatable bonds is 3. The second-order valence-corrected chi connectivity index (χ2v) is 4.90. The maximum absolute atomic E-state index is 13.7. The van der Waals surface area contributed by atoms with Crippen LogP contribution in [0.4, 0.5) is 14.5 Å². The largest absolute Gasteiger partial charge is 0.396 e. The molecule has 2 rings (SSSR count). The molecule has 0 radical (unpaired) electrons. The minimum absolute atomic E-state index is 0.242. The third kappa shape index (κ3) is 2.73. The highest BCUT2D eigenvalue weighted by molar-refractivity contribution is 7.07. The zero-order chi connectivity index (χ0) is 14.0. The number of halogens is 2. The molecule has 0 aliphatic carbocycles. The van der Waals surface area contributed by atoms with Gasteiger partial charge in [0.25, 0.3) is 5.91 Å². The number of anilines is 1. The van der Waals surface area contributed by atoms with Crippen LogP contribution >= 0.6 is 11.3 Å². The third-order valence-electron chi connectivity index (χ3n) is 2.68. The molecule has 0 aliphatic rings. The van der Waals surface area contributed by atoms with Gasteiger partial charge < -0.3 is 10.6 Å². The second kappa shape index (κ2) is 5.36. The first kappa shape index (κ1) is 13.5. The molecule has 0 spiro atoms. The maximum Gasteiger partial charge on any atom is 0.259 e. The zero-order valence-corrected chi connectivity index (χ0v) is 11.0. The topological polar surface area (TPSA) is 46.3 Å². The molecule has 0 atom stereocenters. The van der Waals surface area contributed by atoms with Gasteiger partial charge in [0.15, 0.2) is 5.82 Å². The lowest BCUT2D eigenvalue weighted by molar-refractivity contribution is 0.0775. The summed E-state index contributed by atoms with van der Waals surface area (Å²) in [5.74, 6) is -2.65. The van der Waals surface area contributed by atoms with Crippen LogP contribution in [0.25, 0.3) is 0 Å². The number of nitrogens with zero attached hydrogens (tertiary/aromatic N) is 1. The first-order valence-electron chi connectivity index (χ1n) is 5.50. The number of carbonyl (C=O) groups excluding carboxylic acids is 1.